The number of aromatic nitrogens is 1. The van der Waals surface area contributed by atoms with E-state index in [9.17, 15) is 14.7 Å². The molecule has 1 aromatic heterocycles. The SMILES string of the molecule is [2H]C([2H])([2H])n1cc(C[C@H](NC(=O)OCC2c3ccccc3-c3ccccc32)C(=O)O)c2ccccc21. The number of aliphatic carboxylic acids is 1. The van der Waals surface area contributed by atoms with Gasteiger partial charge in [-0.15, -0.1) is 0 Å². The van der Waals surface area contributed by atoms with E-state index in [1.54, 1.807) is 24.3 Å². The van der Waals surface area contributed by atoms with Crippen LogP contribution < -0.4 is 5.32 Å². The molecule has 0 fully saturated rings. The predicted octanol–water partition coefficient (Wildman–Crippen LogP) is 4.71. The summed E-state index contributed by atoms with van der Waals surface area (Å²) in [6.45, 7) is -2.36. The normalized spacial score (nSPS) is 15.1. The molecule has 6 nitrogen and oxygen atoms in total. The first kappa shape index (κ1) is 17.5. The molecule has 0 unspecified atom stereocenters. The number of alkyl carbamates (subject to hydrolysis) is 1. The third-order valence-electron chi connectivity index (χ3n) is 6.15. The number of amides is 1. The van der Waals surface area contributed by atoms with Gasteiger partial charge in [0.1, 0.15) is 12.6 Å². The van der Waals surface area contributed by atoms with Crippen molar-refractivity contribution in [3.8, 4) is 11.1 Å². The standard InChI is InChI=1S/C27H24N2O4/c1-29-15-17(18-8-6-7-13-25(18)29)14-24(26(30)31)28-27(32)33-16-23-21-11-4-2-9-19(21)20-10-3-5-12-22(20)23/h2-13,15,23-24H,14,16H2,1H3,(H,28,32)(H,30,31)/t24-/m0/s1/i1D3. The van der Waals surface area contributed by atoms with Crippen molar-refractivity contribution in [2.45, 2.75) is 18.4 Å². The van der Waals surface area contributed by atoms with E-state index < -0.39 is 25.1 Å². The minimum atomic E-state index is -2.42. The van der Waals surface area contributed by atoms with E-state index in [-0.39, 0.29) is 18.9 Å². The summed E-state index contributed by atoms with van der Waals surface area (Å²) >= 11 is 0. The van der Waals surface area contributed by atoms with E-state index in [2.05, 4.69) is 5.32 Å². The van der Waals surface area contributed by atoms with Gasteiger partial charge in [0.05, 0.1) is 0 Å². The van der Waals surface area contributed by atoms with Crippen LogP contribution in [-0.2, 0) is 22.9 Å². The molecule has 6 heteroatoms. The zero-order chi connectivity index (χ0) is 25.4. The van der Waals surface area contributed by atoms with Crippen LogP contribution in [0.15, 0.2) is 79.0 Å². The van der Waals surface area contributed by atoms with Crippen molar-refractivity contribution < 1.29 is 23.5 Å². The Balaban J connectivity index is 1.32. The summed E-state index contributed by atoms with van der Waals surface area (Å²) < 4.78 is 30.0. The quantitative estimate of drug-likeness (QED) is 0.452. The van der Waals surface area contributed by atoms with Gasteiger partial charge in [-0.2, -0.15) is 0 Å². The molecule has 4 aromatic rings. The molecule has 0 saturated heterocycles. The van der Waals surface area contributed by atoms with E-state index in [1.165, 1.54) is 6.20 Å². The average Bonchev–Trinajstić information content (AvgIpc) is 3.38. The molecule has 5 rings (SSSR count). The second-order valence-corrected chi connectivity index (χ2v) is 8.11. The highest BCUT2D eigenvalue weighted by molar-refractivity contribution is 5.86. The van der Waals surface area contributed by atoms with Crippen LogP contribution in [0, 0.1) is 0 Å². The Morgan fingerprint density at radius 1 is 1.03 bits per heavy atom. The summed E-state index contributed by atoms with van der Waals surface area (Å²) in [6.07, 6.45) is 0.486. The van der Waals surface area contributed by atoms with Crippen molar-refractivity contribution >= 4 is 23.0 Å². The van der Waals surface area contributed by atoms with Gasteiger partial charge in [-0.05, 0) is 33.9 Å². The lowest BCUT2D eigenvalue weighted by Crippen LogP contribution is -2.42. The van der Waals surface area contributed by atoms with Crippen LogP contribution in [0.5, 0.6) is 0 Å². The zero-order valence-corrected chi connectivity index (χ0v) is 17.7. The summed E-state index contributed by atoms with van der Waals surface area (Å²) in [7, 11) is 0. The molecule has 1 atom stereocenters. The van der Waals surface area contributed by atoms with Crippen LogP contribution in [-0.4, -0.2) is 34.4 Å². The number of hydrogen-bond acceptors (Lipinski definition) is 3. The molecule has 0 aliphatic heterocycles. The predicted molar refractivity (Wildman–Crippen MR) is 126 cm³/mol. The minimum Gasteiger partial charge on any atom is -0.480 e. The van der Waals surface area contributed by atoms with Crippen molar-refractivity contribution in [1.82, 2.24) is 9.88 Å². The number of hydrogen-bond donors (Lipinski definition) is 2. The number of para-hydroxylation sites is 1. The van der Waals surface area contributed by atoms with Crippen LogP contribution in [0.4, 0.5) is 4.79 Å². The Hall–Kier alpha value is -4.06. The van der Waals surface area contributed by atoms with Gasteiger partial charge < -0.3 is 19.7 Å². The summed E-state index contributed by atoms with van der Waals surface area (Å²) in [5.41, 5.74) is 5.27. The molecular weight excluding hydrogens is 416 g/mol. The molecule has 1 aliphatic rings. The summed E-state index contributed by atoms with van der Waals surface area (Å²) in [5.74, 6) is -1.39. The van der Waals surface area contributed by atoms with Crippen LogP contribution in [0.3, 0.4) is 0 Å². The molecule has 0 radical (unpaired) electrons. The Morgan fingerprint density at radius 3 is 2.33 bits per heavy atom. The third kappa shape index (κ3) is 3.84. The van der Waals surface area contributed by atoms with Crippen LogP contribution in [0.2, 0.25) is 0 Å². The van der Waals surface area contributed by atoms with Crippen LogP contribution >= 0.6 is 0 Å². The number of carboxylic acid groups (broad SMARTS) is 1. The maximum atomic E-state index is 12.7. The fourth-order valence-corrected chi connectivity index (χ4v) is 4.62. The van der Waals surface area contributed by atoms with E-state index in [0.29, 0.717) is 16.5 Å². The Kier molecular flexibility index (Phi) is 4.49. The number of carboxylic acids is 1. The smallest absolute Gasteiger partial charge is 0.407 e. The summed E-state index contributed by atoms with van der Waals surface area (Å²) in [6, 6.07) is 21.5. The maximum absolute atomic E-state index is 12.7. The highest BCUT2D eigenvalue weighted by Crippen LogP contribution is 2.44. The highest BCUT2D eigenvalue weighted by atomic mass is 16.5. The van der Waals surface area contributed by atoms with Gasteiger partial charge in [-0.1, -0.05) is 66.7 Å². The molecule has 0 saturated carbocycles. The van der Waals surface area contributed by atoms with Gasteiger partial charge in [0.15, 0.2) is 0 Å². The molecular formula is C27H24N2O4. The minimum absolute atomic E-state index is 0.0601. The largest absolute Gasteiger partial charge is 0.480 e. The molecule has 1 amide bonds. The van der Waals surface area contributed by atoms with Crippen LogP contribution in [0.25, 0.3) is 22.0 Å². The van der Waals surface area contributed by atoms with E-state index in [4.69, 9.17) is 8.85 Å². The molecule has 166 valence electrons. The van der Waals surface area contributed by atoms with Crippen LogP contribution in [0.1, 0.15) is 26.7 Å². The maximum Gasteiger partial charge on any atom is 0.407 e. The first-order valence-electron chi connectivity index (χ1n) is 12.2. The Bertz CT molecular complexity index is 1420. The van der Waals surface area contributed by atoms with Gasteiger partial charge in [0.25, 0.3) is 0 Å². The highest BCUT2D eigenvalue weighted by Gasteiger charge is 2.30. The molecule has 33 heavy (non-hydrogen) atoms. The van der Waals surface area contributed by atoms with Gasteiger partial charge in [-0.3, -0.25) is 0 Å². The lowest BCUT2D eigenvalue weighted by atomic mass is 9.98. The number of rotatable bonds is 6. The van der Waals surface area contributed by atoms with Crippen molar-refractivity contribution in [2.24, 2.45) is 6.98 Å². The average molecular weight is 444 g/mol. The van der Waals surface area contributed by atoms with Gasteiger partial charge in [0, 0.05) is 40.5 Å². The second-order valence-electron chi connectivity index (χ2n) is 8.11. The number of aryl methyl sites for hydroxylation is 1. The summed E-state index contributed by atoms with van der Waals surface area (Å²) in [4.78, 5) is 24.6. The van der Waals surface area contributed by atoms with Crippen molar-refractivity contribution in [2.75, 3.05) is 6.61 Å². The molecule has 2 N–H and O–H groups in total. The van der Waals surface area contributed by atoms with Crippen molar-refractivity contribution in [3.05, 3.63) is 95.7 Å². The van der Waals surface area contributed by atoms with E-state index in [1.807, 2.05) is 48.5 Å². The molecule has 0 spiro atoms. The lowest BCUT2D eigenvalue weighted by molar-refractivity contribution is -0.139. The number of nitrogens with one attached hydrogen (secondary N) is 1. The monoisotopic (exact) mass is 443 g/mol. The third-order valence-corrected chi connectivity index (χ3v) is 6.15. The number of carbonyl (C=O) groups is 2. The number of nitrogens with zero attached hydrogens (tertiary/aromatic N) is 1. The number of benzene rings is 3. The second kappa shape index (κ2) is 8.47. The lowest BCUT2D eigenvalue weighted by Gasteiger charge is -2.17. The summed E-state index contributed by atoms with van der Waals surface area (Å²) in [5, 5.41) is 12.8. The van der Waals surface area contributed by atoms with Gasteiger partial charge in [-0.25, -0.2) is 9.59 Å². The molecule has 0 bridgehead atoms. The first-order chi connectivity index (χ1) is 17.2. The number of ether oxygens (including phenoxy) is 1. The topological polar surface area (TPSA) is 80.6 Å². The first-order valence-corrected chi connectivity index (χ1v) is 10.7. The number of fused-ring (bicyclic) bond motifs is 4. The van der Waals surface area contributed by atoms with Crippen molar-refractivity contribution in [1.29, 1.82) is 0 Å². The fourth-order valence-electron chi connectivity index (χ4n) is 4.62. The molecule has 1 heterocycles. The molecule has 1 aliphatic carbocycles. The number of carbonyl (C=O) groups excluding carboxylic acids is 1. The van der Waals surface area contributed by atoms with Gasteiger partial charge >= 0.3 is 12.1 Å². The van der Waals surface area contributed by atoms with E-state index >= 15 is 0 Å². The van der Waals surface area contributed by atoms with Gasteiger partial charge in [0.2, 0.25) is 0 Å². The van der Waals surface area contributed by atoms with E-state index in [0.717, 1.165) is 26.8 Å². The molecule has 3 aromatic carbocycles. The zero-order valence-electron chi connectivity index (χ0n) is 20.7. The Morgan fingerprint density at radius 2 is 1.67 bits per heavy atom. The van der Waals surface area contributed by atoms with Crippen molar-refractivity contribution in [3.63, 3.8) is 0 Å². The fraction of sp³-hybridized carbons (Fsp3) is 0.185. The Labute approximate surface area is 195 Å².